The number of carbonyl (C=O) groups excluding carboxylic acids is 1. The number of benzene rings is 1. The summed E-state index contributed by atoms with van der Waals surface area (Å²) in [5.74, 6) is 0.0743. The highest BCUT2D eigenvalue weighted by atomic mass is 19.3. The molecule has 0 unspecified atom stereocenters. The lowest BCUT2D eigenvalue weighted by Gasteiger charge is -2.09. The molecule has 0 radical (unpaired) electrons. The van der Waals surface area contributed by atoms with Crippen LogP contribution in [-0.4, -0.2) is 31.7 Å². The number of hydrogen-bond donors (Lipinski definition) is 2. The number of amides is 1. The van der Waals surface area contributed by atoms with Crippen molar-refractivity contribution in [1.82, 2.24) is 10.6 Å². The summed E-state index contributed by atoms with van der Waals surface area (Å²) in [6, 6.07) is 6.66. The molecule has 0 saturated heterocycles. The molecule has 0 aromatic heterocycles. The SMILES string of the molecule is CC(C)NCC(=O)NCCc1ccc(OC(F)F)cc1. The van der Waals surface area contributed by atoms with Crippen LogP contribution in [-0.2, 0) is 11.2 Å². The molecule has 0 aliphatic rings. The second-order valence-electron chi connectivity index (χ2n) is 4.66. The molecule has 1 amide bonds. The molecule has 6 heteroatoms. The lowest BCUT2D eigenvalue weighted by Crippen LogP contribution is -2.37. The minimum Gasteiger partial charge on any atom is -0.435 e. The van der Waals surface area contributed by atoms with Crippen LogP contribution in [0.2, 0.25) is 0 Å². The zero-order valence-corrected chi connectivity index (χ0v) is 11.7. The maximum Gasteiger partial charge on any atom is 0.387 e. The first-order valence-corrected chi connectivity index (χ1v) is 6.51. The van der Waals surface area contributed by atoms with Crippen molar-refractivity contribution in [1.29, 1.82) is 0 Å². The fraction of sp³-hybridized carbons (Fsp3) is 0.500. The van der Waals surface area contributed by atoms with Crippen molar-refractivity contribution in [3.63, 3.8) is 0 Å². The predicted molar refractivity (Wildman–Crippen MR) is 72.9 cm³/mol. The first-order valence-electron chi connectivity index (χ1n) is 6.51. The van der Waals surface area contributed by atoms with Crippen LogP contribution in [0.4, 0.5) is 8.78 Å². The minimum absolute atomic E-state index is 0.0589. The second kappa shape index (κ2) is 8.47. The summed E-state index contributed by atoms with van der Waals surface area (Å²) in [5.41, 5.74) is 0.948. The van der Waals surface area contributed by atoms with E-state index in [4.69, 9.17) is 0 Å². The van der Waals surface area contributed by atoms with Crippen LogP contribution in [0, 0.1) is 0 Å². The molecule has 0 spiro atoms. The van der Waals surface area contributed by atoms with E-state index in [9.17, 15) is 13.6 Å². The van der Waals surface area contributed by atoms with Crippen LogP contribution in [0.1, 0.15) is 19.4 Å². The molecule has 0 fully saturated rings. The highest BCUT2D eigenvalue weighted by Crippen LogP contribution is 2.14. The Morgan fingerprint density at radius 3 is 2.45 bits per heavy atom. The summed E-state index contributed by atoms with van der Waals surface area (Å²) in [4.78, 5) is 11.4. The highest BCUT2D eigenvalue weighted by molar-refractivity contribution is 5.77. The summed E-state index contributed by atoms with van der Waals surface area (Å²) in [6.45, 7) is 1.92. The lowest BCUT2D eigenvalue weighted by molar-refractivity contribution is -0.120. The van der Waals surface area contributed by atoms with Gasteiger partial charge in [-0.15, -0.1) is 0 Å². The smallest absolute Gasteiger partial charge is 0.387 e. The van der Waals surface area contributed by atoms with Gasteiger partial charge >= 0.3 is 6.61 Å². The van der Waals surface area contributed by atoms with E-state index in [1.54, 1.807) is 12.1 Å². The van der Waals surface area contributed by atoms with Gasteiger partial charge in [-0.1, -0.05) is 26.0 Å². The summed E-state index contributed by atoms with van der Waals surface area (Å²) in [6.07, 6.45) is 0.641. The third-order valence-electron chi connectivity index (χ3n) is 2.56. The largest absolute Gasteiger partial charge is 0.435 e. The second-order valence-corrected chi connectivity index (χ2v) is 4.66. The summed E-state index contributed by atoms with van der Waals surface area (Å²) >= 11 is 0. The normalized spacial score (nSPS) is 10.9. The molecule has 20 heavy (non-hydrogen) atoms. The number of alkyl halides is 2. The van der Waals surface area contributed by atoms with Gasteiger partial charge in [0.25, 0.3) is 0 Å². The van der Waals surface area contributed by atoms with E-state index in [1.165, 1.54) is 12.1 Å². The molecule has 1 rings (SSSR count). The van der Waals surface area contributed by atoms with Crippen molar-refractivity contribution < 1.29 is 18.3 Å². The predicted octanol–water partition coefficient (Wildman–Crippen LogP) is 1.94. The number of rotatable bonds is 8. The Morgan fingerprint density at radius 2 is 1.90 bits per heavy atom. The topological polar surface area (TPSA) is 50.4 Å². The first-order chi connectivity index (χ1) is 9.47. The maximum absolute atomic E-state index is 12.0. The minimum atomic E-state index is -2.81. The van der Waals surface area contributed by atoms with Gasteiger partial charge in [0, 0.05) is 12.6 Å². The van der Waals surface area contributed by atoms with Crippen molar-refractivity contribution in [3.05, 3.63) is 29.8 Å². The highest BCUT2D eigenvalue weighted by Gasteiger charge is 2.04. The van der Waals surface area contributed by atoms with E-state index in [-0.39, 0.29) is 17.7 Å². The fourth-order valence-electron chi connectivity index (χ4n) is 1.54. The Kier molecular flexibility index (Phi) is 6.93. The Hall–Kier alpha value is -1.69. The number of nitrogens with one attached hydrogen (secondary N) is 2. The van der Waals surface area contributed by atoms with Crippen LogP contribution >= 0.6 is 0 Å². The first kappa shape index (κ1) is 16.4. The van der Waals surface area contributed by atoms with E-state index < -0.39 is 6.61 Å². The number of ether oxygens (including phenoxy) is 1. The van der Waals surface area contributed by atoms with Crippen molar-refractivity contribution in [2.24, 2.45) is 0 Å². The van der Waals surface area contributed by atoms with E-state index in [1.807, 2.05) is 13.8 Å². The molecule has 1 aromatic carbocycles. The average molecular weight is 286 g/mol. The van der Waals surface area contributed by atoms with Crippen LogP contribution in [0.5, 0.6) is 5.75 Å². The van der Waals surface area contributed by atoms with Crippen molar-refractivity contribution in [3.8, 4) is 5.75 Å². The third-order valence-corrected chi connectivity index (χ3v) is 2.56. The van der Waals surface area contributed by atoms with Crippen molar-refractivity contribution in [2.45, 2.75) is 32.9 Å². The van der Waals surface area contributed by atoms with Gasteiger partial charge in [-0.2, -0.15) is 8.78 Å². The van der Waals surface area contributed by atoms with Gasteiger partial charge in [-0.25, -0.2) is 0 Å². The molecular formula is C14H20F2N2O2. The van der Waals surface area contributed by atoms with E-state index in [0.29, 0.717) is 19.5 Å². The molecule has 0 bridgehead atoms. The molecular weight excluding hydrogens is 266 g/mol. The molecule has 2 N–H and O–H groups in total. The molecule has 0 aliphatic carbocycles. The van der Waals surface area contributed by atoms with Crippen LogP contribution in [0.25, 0.3) is 0 Å². The maximum atomic E-state index is 12.0. The van der Waals surface area contributed by atoms with Crippen LogP contribution < -0.4 is 15.4 Å². The molecule has 1 aromatic rings. The van der Waals surface area contributed by atoms with E-state index in [0.717, 1.165) is 5.56 Å². The Balaban J connectivity index is 2.26. The Labute approximate surface area is 117 Å². The zero-order chi connectivity index (χ0) is 15.0. The molecule has 0 saturated carbocycles. The number of carbonyl (C=O) groups is 1. The van der Waals surface area contributed by atoms with Gasteiger partial charge in [-0.05, 0) is 24.1 Å². The average Bonchev–Trinajstić information content (AvgIpc) is 2.38. The molecule has 0 atom stereocenters. The van der Waals surface area contributed by atoms with E-state index in [2.05, 4.69) is 15.4 Å². The lowest BCUT2D eigenvalue weighted by atomic mass is 10.1. The molecule has 0 heterocycles. The van der Waals surface area contributed by atoms with E-state index >= 15 is 0 Å². The zero-order valence-electron chi connectivity index (χ0n) is 11.7. The number of halogens is 2. The van der Waals surface area contributed by atoms with Gasteiger partial charge in [0.05, 0.1) is 6.54 Å². The Bertz CT molecular complexity index is 408. The van der Waals surface area contributed by atoms with Gasteiger partial charge in [0.2, 0.25) is 5.91 Å². The Morgan fingerprint density at radius 1 is 1.25 bits per heavy atom. The monoisotopic (exact) mass is 286 g/mol. The standard InChI is InChI=1S/C14H20F2N2O2/c1-10(2)18-9-13(19)17-8-7-11-3-5-12(6-4-11)20-14(15)16/h3-6,10,14,18H,7-9H2,1-2H3,(H,17,19). The van der Waals surface area contributed by atoms with Gasteiger partial charge in [0.1, 0.15) is 5.75 Å². The van der Waals surface area contributed by atoms with Gasteiger partial charge < -0.3 is 15.4 Å². The molecule has 0 aliphatic heterocycles. The molecule has 4 nitrogen and oxygen atoms in total. The number of hydrogen-bond acceptors (Lipinski definition) is 3. The fourth-order valence-corrected chi connectivity index (χ4v) is 1.54. The molecule has 112 valence electrons. The van der Waals surface area contributed by atoms with Crippen molar-refractivity contribution in [2.75, 3.05) is 13.1 Å². The van der Waals surface area contributed by atoms with Gasteiger partial charge in [-0.3, -0.25) is 4.79 Å². The summed E-state index contributed by atoms with van der Waals surface area (Å²) in [7, 11) is 0. The van der Waals surface area contributed by atoms with Crippen molar-refractivity contribution >= 4 is 5.91 Å². The van der Waals surface area contributed by atoms with Gasteiger partial charge in [0.15, 0.2) is 0 Å². The third kappa shape index (κ3) is 7.04. The quantitative estimate of drug-likeness (QED) is 0.768. The van der Waals surface area contributed by atoms with Crippen LogP contribution in [0.3, 0.4) is 0 Å². The summed E-state index contributed by atoms with van der Waals surface area (Å²) < 4.78 is 28.2. The summed E-state index contributed by atoms with van der Waals surface area (Å²) in [5, 5.41) is 5.80. The van der Waals surface area contributed by atoms with Crippen LogP contribution in [0.15, 0.2) is 24.3 Å².